The number of hydrogen-bond acceptors (Lipinski definition) is 6. The molecule has 10 heteroatoms. The highest BCUT2D eigenvalue weighted by Crippen LogP contribution is 2.14. The summed E-state index contributed by atoms with van der Waals surface area (Å²) in [5, 5.41) is 7.74. The van der Waals surface area contributed by atoms with Crippen molar-refractivity contribution in [1.29, 1.82) is 0 Å². The number of carbonyl (C=O) groups excluding carboxylic acids is 2. The summed E-state index contributed by atoms with van der Waals surface area (Å²) in [6, 6.07) is -0.0393. The van der Waals surface area contributed by atoms with Gasteiger partial charge in [0, 0.05) is 43.5 Å². The smallest absolute Gasteiger partial charge is 0.226 e. The first-order chi connectivity index (χ1) is 10.8. The monoisotopic (exact) mass is 360 g/mol. The number of nitrogens with one attached hydrogen (secondary N) is 2. The number of aromatic nitrogens is 1. The molecule has 2 N–H and O–H groups in total. The lowest BCUT2D eigenvalue weighted by Crippen LogP contribution is -2.46. The summed E-state index contributed by atoms with van der Waals surface area (Å²) < 4.78 is 24.2. The van der Waals surface area contributed by atoms with Gasteiger partial charge in [0.1, 0.15) is 0 Å². The number of nitrogens with zero attached hydrogens (tertiary/aromatic N) is 2. The fourth-order valence-electron chi connectivity index (χ4n) is 2.33. The van der Waals surface area contributed by atoms with Gasteiger partial charge in [-0.3, -0.25) is 9.59 Å². The number of hydrogen-bond donors (Lipinski definition) is 2. The van der Waals surface area contributed by atoms with Gasteiger partial charge in [-0.15, -0.1) is 11.3 Å². The number of rotatable bonds is 6. The van der Waals surface area contributed by atoms with Crippen LogP contribution in [0.15, 0.2) is 11.6 Å². The van der Waals surface area contributed by atoms with Crippen LogP contribution in [0.5, 0.6) is 0 Å². The van der Waals surface area contributed by atoms with E-state index in [9.17, 15) is 18.0 Å². The van der Waals surface area contributed by atoms with Crippen molar-refractivity contribution in [2.24, 2.45) is 0 Å². The second kappa shape index (κ2) is 7.84. The maximum absolute atomic E-state index is 11.9. The SMILES string of the molecule is CS(=O)(=O)N1CCC(NC(=O)CCC(=O)Nc2nccs2)CC1. The predicted molar refractivity (Wildman–Crippen MR) is 87.6 cm³/mol. The van der Waals surface area contributed by atoms with E-state index < -0.39 is 10.0 Å². The van der Waals surface area contributed by atoms with Crippen molar-refractivity contribution in [1.82, 2.24) is 14.6 Å². The van der Waals surface area contributed by atoms with E-state index in [1.54, 1.807) is 11.6 Å². The first kappa shape index (κ1) is 17.8. The van der Waals surface area contributed by atoms with Gasteiger partial charge in [-0.05, 0) is 12.8 Å². The minimum atomic E-state index is -3.16. The molecule has 0 unspecified atom stereocenters. The molecular formula is C13H20N4O4S2. The second-order valence-corrected chi connectivity index (χ2v) is 8.27. The number of piperidine rings is 1. The van der Waals surface area contributed by atoms with E-state index in [0.717, 1.165) is 0 Å². The Morgan fingerprint density at radius 3 is 2.52 bits per heavy atom. The van der Waals surface area contributed by atoms with Crippen LogP contribution in [0.4, 0.5) is 5.13 Å². The second-order valence-electron chi connectivity index (χ2n) is 5.39. The Labute approximate surface area is 139 Å². The lowest BCUT2D eigenvalue weighted by molar-refractivity contribution is -0.125. The molecule has 1 aliphatic rings. The molecule has 2 rings (SSSR count). The van der Waals surface area contributed by atoms with Crippen molar-refractivity contribution in [3.63, 3.8) is 0 Å². The van der Waals surface area contributed by atoms with Gasteiger partial charge in [-0.1, -0.05) is 0 Å². The highest BCUT2D eigenvalue weighted by Gasteiger charge is 2.25. The summed E-state index contributed by atoms with van der Waals surface area (Å²) >= 11 is 1.32. The third-order valence-electron chi connectivity index (χ3n) is 3.55. The molecule has 2 heterocycles. The van der Waals surface area contributed by atoms with Gasteiger partial charge in [0.15, 0.2) is 5.13 Å². The van der Waals surface area contributed by atoms with E-state index in [1.807, 2.05) is 0 Å². The van der Waals surface area contributed by atoms with Gasteiger partial charge in [0.2, 0.25) is 21.8 Å². The number of thiazole rings is 1. The van der Waals surface area contributed by atoms with Gasteiger partial charge >= 0.3 is 0 Å². The van der Waals surface area contributed by atoms with Crippen molar-refractivity contribution in [2.75, 3.05) is 24.7 Å². The average molecular weight is 360 g/mol. The highest BCUT2D eigenvalue weighted by atomic mass is 32.2. The van der Waals surface area contributed by atoms with E-state index in [1.165, 1.54) is 21.9 Å². The number of amides is 2. The molecule has 8 nitrogen and oxygen atoms in total. The molecule has 0 bridgehead atoms. The molecule has 0 radical (unpaired) electrons. The molecule has 0 aromatic carbocycles. The summed E-state index contributed by atoms with van der Waals surface area (Å²) in [4.78, 5) is 27.5. The van der Waals surface area contributed by atoms with E-state index in [2.05, 4.69) is 15.6 Å². The summed E-state index contributed by atoms with van der Waals surface area (Å²) in [5.74, 6) is -0.445. The van der Waals surface area contributed by atoms with E-state index in [-0.39, 0.29) is 30.7 Å². The normalized spacial score (nSPS) is 16.9. The van der Waals surface area contributed by atoms with Crippen molar-refractivity contribution >= 4 is 38.3 Å². The highest BCUT2D eigenvalue weighted by molar-refractivity contribution is 7.88. The maximum Gasteiger partial charge on any atom is 0.226 e. The zero-order chi connectivity index (χ0) is 16.9. The Morgan fingerprint density at radius 2 is 1.96 bits per heavy atom. The van der Waals surface area contributed by atoms with Gasteiger partial charge in [0.05, 0.1) is 6.26 Å². The molecule has 1 aliphatic heterocycles. The van der Waals surface area contributed by atoms with Crippen LogP contribution in [0.2, 0.25) is 0 Å². The zero-order valence-electron chi connectivity index (χ0n) is 12.8. The van der Waals surface area contributed by atoms with Crippen LogP contribution in [-0.2, 0) is 19.6 Å². The first-order valence-electron chi connectivity index (χ1n) is 7.28. The summed E-state index contributed by atoms with van der Waals surface area (Å²) in [5.41, 5.74) is 0. The van der Waals surface area contributed by atoms with Crippen LogP contribution in [-0.4, -0.2) is 54.9 Å². The molecule has 2 amide bonds. The molecule has 1 fully saturated rings. The average Bonchev–Trinajstić information content (AvgIpc) is 2.98. The zero-order valence-corrected chi connectivity index (χ0v) is 14.5. The molecule has 1 saturated heterocycles. The Hall–Kier alpha value is -1.52. The van der Waals surface area contributed by atoms with Crippen LogP contribution in [0, 0.1) is 0 Å². The molecule has 1 aromatic rings. The lowest BCUT2D eigenvalue weighted by Gasteiger charge is -2.30. The van der Waals surface area contributed by atoms with E-state index in [0.29, 0.717) is 31.1 Å². The minimum Gasteiger partial charge on any atom is -0.353 e. The Kier molecular flexibility index (Phi) is 6.08. The minimum absolute atomic E-state index is 0.0393. The maximum atomic E-state index is 11.9. The quantitative estimate of drug-likeness (QED) is 0.763. The summed E-state index contributed by atoms with van der Waals surface area (Å²) in [6.07, 6.45) is 4.15. The molecular weight excluding hydrogens is 340 g/mol. The Balaban J connectivity index is 1.66. The molecule has 1 aromatic heterocycles. The third-order valence-corrected chi connectivity index (χ3v) is 5.54. The summed E-state index contributed by atoms with van der Waals surface area (Å²) in [7, 11) is -3.16. The molecule has 0 aliphatic carbocycles. The van der Waals surface area contributed by atoms with E-state index >= 15 is 0 Å². The fourth-order valence-corrected chi connectivity index (χ4v) is 3.74. The Bertz CT molecular complexity index is 637. The van der Waals surface area contributed by atoms with Crippen molar-refractivity contribution in [3.05, 3.63) is 11.6 Å². The topological polar surface area (TPSA) is 108 Å². The van der Waals surface area contributed by atoms with Crippen molar-refractivity contribution in [2.45, 2.75) is 31.7 Å². The largest absolute Gasteiger partial charge is 0.353 e. The van der Waals surface area contributed by atoms with Crippen LogP contribution in [0.25, 0.3) is 0 Å². The van der Waals surface area contributed by atoms with Crippen LogP contribution >= 0.6 is 11.3 Å². The van der Waals surface area contributed by atoms with Crippen molar-refractivity contribution < 1.29 is 18.0 Å². The lowest BCUT2D eigenvalue weighted by atomic mass is 10.1. The molecule has 128 valence electrons. The third kappa shape index (κ3) is 5.88. The molecule has 23 heavy (non-hydrogen) atoms. The molecule has 0 atom stereocenters. The van der Waals surface area contributed by atoms with Gasteiger partial charge < -0.3 is 10.6 Å². The van der Waals surface area contributed by atoms with Crippen LogP contribution in [0.3, 0.4) is 0 Å². The number of carbonyl (C=O) groups is 2. The van der Waals surface area contributed by atoms with E-state index in [4.69, 9.17) is 0 Å². The van der Waals surface area contributed by atoms with Gasteiger partial charge in [0.25, 0.3) is 0 Å². The standard InChI is InChI=1S/C13H20N4O4S2/c1-23(20,21)17-7-4-10(5-8-17)15-11(18)2-3-12(19)16-13-14-6-9-22-13/h6,9-10H,2-5,7-8H2,1H3,(H,15,18)(H,14,16,19). The number of anilines is 1. The number of sulfonamides is 1. The Morgan fingerprint density at radius 1 is 1.30 bits per heavy atom. The van der Waals surface area contributed by atoms with Crippen LogP contribution < -0.4 is 10.6 Å². The van der Waals surface area contributed by atoms with Gasteiger partial charge in [-0.2, -0.15) is 0 Å². The van der Waals surface area contributed by atoms with Crippen LogP contribution in [0.1, 0.15) is 25.7 Å². The first-order valence-corrected chi connectivity index (χ1v) is 10.0. The fraction of sp³-hybridized carbons (Fsp3) is 0.615. The molecule has 0 saturated carbocycles. The summed E-state index contributed by atoms with van der Waals surface area (Å²) in [6.45, 7) is 0.822. The van der Waals surface area contributed by atoms with Gasteiger partial charge in [-0.25, -0.2) is 17.7 Å². The molecule has 0 spiro atoms. The predicted octanol–water partition coefficient (Wildman–Crippen LogP) is 0.402. The van der Waals surface area contributed by atoms with Crippen molar-refractivity contribution in [3.8, 4) is 0 Å².